The van der Waals surface area contributed by atoms with E-state index < -0.39 is 5.54 Å². The first-order valence-corrected chi connectivity index (χ1v) is 4.71. The van der Waals surface area contributed by atoms with Crippen LogP contribution >= 0.6 is 0 Å². The summed E-state index contributed by atoms with van der Waals surface area (Å²) in [6.45, 7) is 3.52. The molecule has 0 bridgehead atoms. The van der Waals surface area contributed by atoms with E-state index in [9.17, 15) is 9.18 Å². The maximum Gasteiger partial charge on any atom is 0.226 e. The lowest BCUT2D eigenvalue weighted by Gasteiger charge is -2.17. The zero-order valence-electron chi connectivity index (χ0n) is 8.88. The van der Waals surface area contributed by atoms with Crippen molar-refractivity contribution in [3.05, 3.63) is 30.1 Å². The molecule has 1 amide bonds. The number of carbonyl (C=O) groups excluding carboxylic acids is 1. The van der Waals surface area contributed by atoms with E-state index in [-0.39, 0.29) is 18.1 Å². The van der Waals surface area contributed by atoms with E-state index in [2.05, 4.69) is 5.32 Å². The van der Waals surface area contributed by atoms with Crippen molar-refractivity contribution in [2.24, 2.45) is 5.73 Å². The van der Waals surface area contributed by atoms with Gasteiger partial charge >= 0.3 is 0 Å². The molecule has 0 heterocycles. The van der Waals surface area contributed by atoms with Crippen molar-refractivity contribution in [1.82, 2.24) is 0 Å². The Kier molecular flexibility index (Phi) is 3.42. The number of anilines is 1. The highest BCUT2D eigenvalue weighted by Gasteiger charge is 2.16. The fraction of sp³-hybridized carbons (Fsp3) is 0.364. The average molecular weight is 210 g/mol. The third-order valence-corrected chi connectivity index (χ3v) is 1.72. The van der Waals surface area contributed by atoms with Crippen LogP contribution in [0.3, 0.4) is 0 Å². The number of halogens is 1. The van der Waals surface area contributed by atoms with Gasteiger partial charge in [-0.1, -0.05) is 6.07 Å². The maximum absolute atomic E-state index is 12.8. The number of nitrogens with two attached hydrogens (primary N) is 1. The highest BCUT2D eigenvalue weighted by molar-refractivity contribution is 5.91. The van der Waals surface area contributed by atoms with Crippen molar-refractivity contribution >= 4 is 11.6 Å². The Balaban J connectivity index is 2.59. The zero-order chi connectivity index (χ0) is 11.5. The second kappa shape index (κ2) is 4.40. The van der Waals surface area contributed by atoms with Crippen LogP contribution in [-0.2, 0) is 4.79 Å². The van der Waals surface area contributed by atoms with Gasteiger partial charge in [0.1, 0.15) is 5.82 Å². The number of carbonyl (C=O) groups is 1. The van der Waals surface area contributed by atoms with Crippen LogP contribution in [0.5, 0.6) is 0 Å². The van der Waals surface area contributed by atoms with Gasteiger partial charge in [0.25, 0.3) is 0 Å². The van der Waals surface area contributed by atoms with E-state index in [4.69, 9.17) is 5.73 Å². The monoisotopic (exact) mass is 210 g/mol. The molecule has 0 fully saturated rings. The third kappa shape index (κ3) is 4.56. The molecule has 3 nitrogen and oxygen atoms in total. The summed E-state index contributed by atoms with van der Waals surface area (Å²) in [5, 5.41) is 2.58. The third-order valence-electron chi connectivity index (χ3n) is 1.72. The normalized spacial score (nSPS) is 11.2. The number of hydrogen-bond donors (Lipinski definition) is 2. The van der Waals surface area contributed by atoms with Gasteiger partial charge in [0, 0.05) is 17.6 Å². The van der Waals surface area contributed by atoms with Crippen LogP contribution in [0.2, 0.25) is 0 Å². The Morgan fingerprint density at radius 3 is 2.73 bits per heavy atom. The minimum atomic E-state index is -0.558. The molecule has 1 aromatic carbocycles. The Bertz CT molecular complexity index is 358. The Hall–Kier alpha value is -1.42. The van der Waals surface area contributed by atoms with Gasteiger partial charge in [-0.2, -0.15) is 0 Å². The standard InChI is InChI=1S/C11H15FN2O/c1-11(2,13)7-10(15)14-9-5-3-4-8(12)6-9/h3-6H,7,13H2,1-2H3,(H,14,15). The summed E-state index contributed by atoms with van der Waals surface area (Å²) < 4.78 is 12.8. The molecular weight excluding hydrogens is 195 g/mol. The van der Waals surface area contributed by atoms with E-state index in [1.807, 2.05) is 0 Å². The topological polar surface area (TPSA) is 55.1 Å². The average Bonchev–Trinajstić information content (AvgIpc) is 1.99. The van der Waals surface area contributed by atoms with Crippen molar-refractivity contribution in [1.29, 1.82) is 0 Å². The number of nitrogens with one attached hydrogen (secondary N) is 1. The van der Waals surface area contributed by atoms with Gasteiger partial charge in [0.15, 0.2) is 0 Å². The molecule has 0 radical (unpaired) electrons. The molecule has 4 heteroatoms. The van der Waals surface area contributed by atoms with Crippen LogP contribution < -0.4 is 11.1 Å². The lowest BCUT2D eigenvalue weighted by atomic mass is 10.0. The smallest absolute Gasteiger partial charge is 0.226 e. The molecule has 82 valence electrons. The minimum Gasteiger partial charge on any atom is -0.326 e. The second-order valence-electron chi connectivity index (χ2n) is 4.22. The first kappa shape index (κ1) is 11.7. The van der Waals surface area contributed by atoms with Gasteiger partial charge in [-0.15, -0.1) is 0 Å². The molecule has 0 aliphatic heterocycles. The molecule has 1 rings (SSSR count). The van der Waals surface area contributed by atoms with Gasteiger partial charge in [0.05, 0.1) is 0 Å². The van der Waals surface area contributed by atoms with Crippen molar-refractivity contribution in [2.45, 2.75) is 25.8 Å². The summed E-state index contributed by atoms with van der Waals surface area (Å²) in [6, 6.07) is 5.76. The van der Waals surface area contributed by atoms with Crippen LogP contribution in [0, 0.1) is 5.82 Å². The zero-order valence-corrected chi connectivity index (χ0v) is 8.88. The van der Waals surface area contributed by atoms with Crippen LogP contribution in [0.1, 0.15) is 20.3 Å². The predicted molar refractivity (Wildman–Crippen MR) is 57.9 cm³/mol. The lowest BCUT2D eigenvalue weighted by molar-refractivity contribution is -0.117. The number of amides is 1. The van der Waals surface area contributed by atoms with Gasteiger partial charge in [-0.3, -0.25) is 4.79 Å². The lowest BCUT2D eigenvalue weighted by Crippen LogP contribution is -2.36. The van der Waals surface area contributed by atoms with Gasteiger partial charge in [-0.25, -0.2) is 4.39 Å². The largest absolute Gasteiger partial charge is 0.326 e. The van der Waals surface area contributed by atoms with E-state index in [1.54, 1.807) is 26.0 Å². The van der Waals surface area contributed by atoms with Crippen molar-refractivity contribution < 1.29 is 9.18 Å². The van der Waals surface area contributed by atoms with Crippen LogP contribution in [-0.4, -0.2) is 11.4 Å². The summed E-state index contributed by atoms with van der Waals surface area (Å²) in [6.07, 6.45) is 0.198. The summed E-state index contributed by atoms with van der Waals surface area (Å²) in [4.78, 5) is 11.4. The van der Waals surface area contributed by atoms with E-state index in [0.717, 1.165) is 0 Å². The molecule has 0 aromatic heterocycles. The fourth-order valence-electron chi connectivity index (χ4n) is 1.19. The molecule has 0 aliphatic carbocycles. The summed E-state index contributed by atoms with van der Waals surface area (Å²) >= 11 is 0. The fourth-order valence-corrected chi connectivity index (χ4v) is 1.19. The number of benzene rings is 1. The molecule has 0 atom stereocenters. The molecule has 1 aromatic rings. The molecule has 0 saturated carbocycles. The van der Waals surface area contributed by atoms with Crippen molar-refractivity contribution in [3.63, 3.8) is 0 Å². The second-order valence-corrected chi connectivity index (χ2v) is 4.22. The van der Waals surface area contributed by atoms with Crippen molar-refractivity contribution in [2.75, 3.05) is 5.32 Å². The van der Waals surface area contributed by atoms with Crippen molar-refractivity contribution in [3.8, 4) is 0 Å². The Morgan fingerprint density at radius 1 is 1.53 bits per heavy atom. The first-order chi connectivity index (χ1) is 6.87. The summed E-state index contributed by atoms with van der Waals surface area (Å²) in [7, 11) is 0. The van der Waals surface area contributed by atoms with E-state index >= 15 is 0 Å². The van der Waals surface area contributed by atoms with Crippen LogP contribution in [0.4, 0.5) is 10.1 Å². The predicted octanol–water partition coefficient (Wildman–Crippen LogP) is 1.89. The SMILES string of the molecule is CC(C)(N)CC(=O)Nc1cccc(F)c1. The Morgan fingerprint density at radius 2 is 2.20 bits per heavy atom. The molecule has 0 saturated heterocycles. The van der Waals surface area contributed by atoms with Gasteiger partial charge in [0.2, 0.25) is 5.91 Å². The highest BCUT2D eigenvalue weighted by atomic mass is 19.1. The number of rotatable bonds is 3. The van der Waals surface area contributed by atoms with E-state index in [1.165, 1.54) is 12.1 Å². The molecule has 3 N–H and O–H groups in total. The molecular formula is C11H15FN2O. The summed E-state index contributed by atoms with van der Waals surface area (Å²) in [5.74, 6) is -0.590. The van der Waals surface area contributed by atoms with Gasteiger partial charge in [-0.05, 0) is 32.0 Å². The maximum atomic E-state index is 12.8. The highest BCUT2D eigenvalue weighted by Crippen LogP contribution is 2.11. The first-order valence-electron chi connectivity index (χ1n) is 4.71. The Labute approximate surface area is 88.5 Å². The number of hydrogen-bond acceptors (Lipinski definition) is 2. The summed E-state index contributed by atoms with van der Waals surface area (Å²) in [5.41, 5.74) is 5.58. The minimum absolute atomic E-state index is 0.198. The van der Waals surface area contributed by atoms with Crippen LogP contribution in [0.15, 0.2) is 24.3 Å². The molecule has 0 unspecified atom stereocenters. The van der Waals surface area contributed by atoms with E-state index in [0.29, 0.717) is 5.69 Å². The van der Waals surface area contributed by atoms with Crippen LogP contribution in [0.25, 0.3) is 0 Å². The van der Waals surface area contributed by atoms with Gasteiger partial charge < -0.3 is 11.1 Å². The quantitative estimate of drug-likeness (QED) is 0.800. The molecule has 0 aliphatic rings. The molecule has 0 spiro atoms. The molecule has 15 heavy (non-hydrogen) atoms.